The number of amides is 3. The molecule has 0 saturated carbocycles. The molecule has 1 saturated heterocycles. The number of carbonyl (C=O) groups excluding carboxylic acids is 3. The van der Waals surface area contributed by atoms with Crippen molar-refractivity contribution in [3.63, 3.8) is 0 Å². The van der Waals surface area contributed by atoms with Crippen LogP contribution in [-0.2, 0) is 16.0 Å². The van der Waals surface area contributed by atoms with E-state index in [-0.39, 0.29) is 37.0 Å². The number of fused-ring (bicyclic) bond motifs is 1. The van der Waals surface area contributed by atoms with Gasteiger partial charge in [-0.3, -0.25) is 19.4 Å². The average molecular weight is 516 g/mol. The second kappa shape index (κ2) is 10.9. The van der Waals surface area contributed by atoms with Crippen LogP contribution in [0, 0.1) is 0 Å². The quantitative estimate of drug-likeness (QED) is 0.608. The van der Waals surface area contributed by atoms with Crippen molar-refractivity contribution in [1.82, 2.24) is 14.8 Å². The highest BCUT2D eigenvalue weighted by molar-refractivity contribution is 7.11. The van der Waals surface area contributed by atoms with Gasteiger partial charge in [0.15, 0.2) is 5.01 Å². The molecule has 1 aromatic carbocycles. The Bertz CT molecular complexity index is 1090. The molecule has 10 nitrogen and oxygen atoms in total. The van der Waals surface area contributed by atoms with Crippen LogP contribution < -0.4 is 10.2 Å². The van der Waals surface area contributed by atoms with Crippen molar-refractivity contribution < 1.29 is 24.2 Å². The Balaban J connectivity index is 1.30. The Morgan fingerprint density at radius 2 is 1.92 bits per heavy atom. The molecule has 1 atom stereocenters. The summed E-state index contributed by atoms with van der Waals surface area (Å²) in [6.07, 6.45) is 2.06. The Kier molecular flexibility index (Phi) is 7.91. The van der Waals surface area contributed by atoms with Crippen molar-refractivity contribution in [2.45, 2.75) is 45.3 Å². The van der Waals surface area contributed by atoms with Gasteiger partial charge in [-0.25, -0.2) is 9.78 Å². The number of aliphatic hydroxyl groups excluding tert-OH is 1. The Morgan fingerprint density at radius 1 is 1.17 bits per heavy atom. The molecular weight excluding hydrogens is 482 g/mol. The van der Waals surface area contributed by atoms with Crippen LogP contribution in [0.3, 0.4) is 0 Å². The molecule has 36 heavy (non-hydrogen) atoms. The van der Waals surface area contributed by atoms with Gasteiger partial charge >= 0.3 is 6.09 Å². The Labute approximate surface area is 214 Å². The number of nitrogens with one attached hydrogen (secondary N) is 1. The second-order valence-corrected chi connectivity index (χ2v) is 10.9. The highest BCUT2D eigenvalue weighted by Gasteiger charge is 2.30. The highest BCUT2D eigenvalue weighted by Crippen LogP contribution is 2.32. The fraction of sp³-hybridized carbons (Fsp3) is 0.520. The van der Waals surface area contributed by atoms with Gasteiger partial charge in [0.1, 0.15) is 5.60 Å². The molecule has 3 amide bonds. The molecule has 2 aromatic rings. The summed E-state index contributed by atoms with van der Waals surface area (Å²) < 4.78 is 5.49. The molecule has 0 bridgehead atoms. The van der Waals surface area contributed by atoms with Crippen molar-refractivity contribution >= 4 is 40.6 Å². The summed E-state index contributed by atoms with van der Waals surface area (Å²) >= 11 is 1.32. The summed E-state index contributed by atoms with van der Waals surface area (Å²) in [6, 6.07) is 5.15. The monoisotopic (exact) mass is 515 g/mol. The second-order valence-electron chi connectivity index (χ2n) is 9.98. The van der Waals surface area contributed by atoms with Gasteiger partial charge in [0, 0.05) is 62.5 Å². The lowest BCUT2D eigenvalue weighted by atomic mass is 10.1. The van der Waals surface area contributed by atoms with E-state index in [9.17, 15) is 19.5 Å². The number of thiazole rings is 1. The first-order valence-electron chi connectivity index (χ1n) is 12.1. The largest absolute Gasteiger partial charge is 0.443 e. The van der Waals surface area contributed by atoms with E-state index in [1.807, 2.05) is 37.8 Å². The maximum Gasteiger partial charge on any atom is 0.414 e. The first-order valence-corrected chi connectivity index (χ1v) is 13.0. The molecule has 1 unspecified atom stereocenters. The number of nitrogens with zero attached hydrogens (tertiary/aromatic N) is 4. The lowest BCUT2D eigenvalue weighted by Gasteiger charge is -2.38. The van der Waals surface area contributed by atoms with E-state index in [2.05, 4.69) is 10.3 Å². The maximum atomic E-state index is 12.8. The lowest BCUT2D eigenvalue weighted by Crippen LogP contribution is -2.53. The smallest absolute Gasteiger partial charge is 0.414 e. The zero-order valence-corrected chi connectivity index (χ0v) is 21.7. The van der Waals surface area contributed by atoms with Crippen LogP contribution in [0.4, 0.5) is 16.2 Å². The van der Waals surface area contributed by atoms with Crippen molar-refractivity contribution in [1.29, 1.82) is 0 Å². The average Bonchev–Trinajstić information content (AvgIpc) is 3.51. The Morgan fingerprint density at radius 3 is 2.56 bits per heavy atom. The van der Waals surface area contributed by atoms with Crippen molar-refractivity contribution in [3.8, 4) is 0 Å². The number of hydrogen-bond donors (Lipinski definition) is 2. The maximum absolute atomic E-state index is 12.8. The van der Waals surface area contributed by atoms with Gasteiger partial charge in [-0.15, -0.1) is 11.3 Å². The zero-order valence-electron chi connectivity index (χ0n) is 20.9. The molecule has 0 radical (unpaired) electrons. The van der Waals surface area contributed by atoms with E-state index in [0.29, 0.717) is 49.8 Å². The third-order valence-electron chi connectivity index (χ3n) is 6.24. The van der Waals surface area contributed by atoms with E-state index < -0.39 is 5.60 Å². The van der Waals surface area contributed by atoms with E-state index >= 15 is 0 Å². The van der Waals surface area contributed by atoms with E-state index in [1.54, 1.807) is 27.4 Å². The minimum atomic E-state index is -0.569. The molecule has 2 aliphatic rings. The fourth-order valence-electron chi connectivity index (χ4n) is 4.48. The summed E-state index contributed by atoms with van der Waals surface area (Å²) in [6.45, 7) is 8.09. The van der Waals surface area contributed by atoms with Crippen LogP contribution in [0.15, 0.2) is 29.8 Å². The van der Waals surface area contributed by atoms with Crippen molar-refractivity contribution in [2.75, 3.05) is 49.5 Å². The standard InChI is InChI=1S/C25H33N5O5S/c1-25(2,3)35-24(34)30-8-6-17-14-18(4-5-20(17)30)27-21(32)15-19(16-31)28-9-11-29(12-10-28)23(33)22-26-7-13-36-22/h4-5,7,13-14,19,31H,6,8-12,15-16H2,1-3H3,(H,27,32). The lowest BCUT2D eigenvalue weighted by molar-refractivity contribution is -0.118. The molecule has 11 heteroatoms. The first kappa shape index (κ1) is 26.1. The van der Waals surface area contributed by atoms with Gasteiger partial charge < -0.3 is 20.1 Å². The van der Waals surface area contributed by atoms with Gasteiger partial charge in [0.2, 0.25) is 5.91 Å². The van der Waals surface area contributed by atoms with Gasteiger partial charge in [-0.05, 0) is 51.0 Å². The van der Waals surface area contributed by atoms with Crippen LogP contribution in [0.2, 0.25) is 0 Å². The predicted molar refractivity (Wildman–Crippen MR) is 137 cm³/mol. The number of carbonyl (C=O) groups is 3. The van der Waals surface area contributed by atoms with Gasteiger partial charge in [-0.1, -0.05) is 0 Å². The molecule has 2 aliphatic heterocycles. The van der Waals surface area contributed by atoms with Gasteiger partial charge in [-0.2, -0.15) is 0 Å². The van der Waals surface area contributed by atoms with Crippen LogP contribution in [-0.4, -0.2) is 88.8 Å². The third kappa shape index (κ3) is 6.21. The molecule has 0 aliphatic carbocycles. The molecule has 0 spiro atoms. The minimum absolute atomic E-state index is 0.0789. The summed E-state index contributed by atoms with van der Waals surface area (Å²) in [7, 11) is 0. The zero-order chi connectivity index (χ0) is 25.9. The van der Waals surface area contributed by atoms with Crippen LogP contribution in [0.1, 0.15) is 42.6 Å². The predicted octanol–water partition coefficient (Wildman–Crippen LogP) is 2.59. The molecule has 2 N–H and O–H groups in total. The summed E-state index contributed by atoms with van der Waals surface area (Å²) in [5.74, 6) is -0.276. The van der Waals surface area contributed by atoms with Crippen LogP contribution in [0.5, 0.6) is 0 Å². The topological polar surface area (TPSA) is 115 Å². The summed E-state index contributed by atoms with van der Waals surface area (Å²) in [5.41, 5.74) is 1.85. The molecule has 1 fully saturated rings. The normalized spacial score (nSPS) is 17.0. The van der Waals surface area contributed by atoms with Gasteiger partial charge in [0.05, 0.1) is 12.3 Å². The molecule has 4 rings (SSSR count). The molecule has 1 aromatic heterocycles. The van der Waals surface area contributed by atoms with Crippen LogP contribution in [0.25, 0.3) is 0 Å². The molecule has 3 heterocycles. The van der Waals surface area contributed by atoms with E-state index in [4.69, 9.17) is 4.74 Å². The minimum Gasteiger partial charge on any atom is -0.443 e. The van der Waals surface area contributed by atoms with E-state index in [1.165, 1.54) is 11.3 Å². The number of hydrogen-bond acceptors (Lipinski definition) is 8. The Hall–Kier alpha value is -3.02. The molecular formula is C25H33N5O5S. The third-order valence-corrected chi connectivity index (χ3v) is 7.00. The highest BCUT2D eigenvalue weighted by atomic mass is 32.1. The summed E-state index contributed by atoms with van der Waals surface area (Å²) in [4.78, 5) is 47.3. The number of anilines is 2. The SMILES string of the molecule is CC(C)(C)OC(=O)N1CCc2cc(NC(=O)CC(CO)N3CCN(C(=O)c4nccs4)CC3)ccc21. The number of benzene rings is 1. The number of aliphatic hydroxyl groups is 1. The van der Waals surface area contributed by atoms with E-state index in [0.717, 1.165) is 11.3 Å². The fourth-order valence-corrected chi connectivity index (χ4v) is 5.08. The number of piperazine rings is 1. The molecule has 194 valence electrons. The summed E-state index contributed by atoms with van der Waals surface area (Å²) in [5, 5.41) is 15.1. The van der Waals surface area contributed by atoms with Gasteiger partial charge in [0.25, 0.3) is 5.91 Å². The van der Waals surface area contributed by atoms with Crippen LogP contribution >= 0.6 is 11.3 Å². The number of aromatic nitrogens is 1. The number of ether oxygens (including phenoxy) is 1. The van der Waals surface area contributed by atoms with Crippen molar-refractivity contribution in [2.24, 2.45) is 0 Å². The van der Waals surface area contributed by atoms with Crippen molar-refractivity contribution in [3.05, 3.63) is 40.3 Å². The number of rotatable bonds is 6. The first-order chi connectivity index (χ1) is 17.1.